The number of rotatable bonds is 6. The number of nitrogens with one attached hydrogen (secondary N) is 1. The van der Waals surface area contributed by atoms with Crippen molar-refractivity contribution in [2.45, 2.75) is 44.2 Å². The SMILES string of the molecule is COc1ccc(CNC(=O)CN2C(=O)N(C)C3(CCCCC3)C2=O)cc1OC. The summed E-state index contributed by atoms with van der Waals surface area (Å²) in [7, 11) is 4.76. The van der Waals surface area contributed by atoms with Crippen molar-refractivity contribution in [3.05, 3.63) is 23.8 Å². The van der Waals surface area contributed by atoms with Crippen LogP contribution in [0.5, 0.6) is 11.5 Å². The van der Waals surface area contributed by atoms with E-state index in [2.05, 4.69) is 5.32 Å². The number of carbonyl (C=O) groups is 3. The van der Waals surface area contributed by atoms with Gasteiger partial charge in [0.15, 0.2) is 11.5 Å². The third-order valence-electron chi connectivity index (χ3n) is 5.72. The van der Waals surface area contributed by atoms with Crippen molar-refractivity contribution in [1.29, 1.82) is 0 Å². The molecule has 0 bridgehead atoms. The number of amides is 4. The first-order valence-electron chi connectivity index (χ1n) is 9.50. The van der Waals surface area contributed by atoms with Crippen LogP contribution in [-0.4, -0.2) is 61.0 Å². The second-order valence-corrected chi connectivity index (χ2v) is 7.29. The number of methoxy groups -OCH3 is 2. The average Bonchev–Trinajstić information content (AvgIpc) is 2.89. The minimum absolute atomic E-state index is 0.249. The zero-order chi connectivity index (χ0) is 20.3. The largest absolute Gasteiger partial charge is 0.493 e. The maximum absolute atomic E-state index is 12.9. The molecule has 1 aliphatic heterocycles. The first-order valence-corrected chi connectivity index (χ1v) is 9.50. The normalized spacial score (nSPS) is 18.5. The van der Waals surface area contributed by atoms with Gasteiger partial charge in [0, 0.05) is 13.6 Å². The van der Waals surface area contributed by atoms with Crippen LogP contribution in [0.3, 0.4) is 0 Å². The lowest BCUT2D eigenvalue weighted by Gasteiger charge is -2.35. The Morgan fingerprint density at radius 3 is 2.43 bits per heavy atom. The molecule has 0 unspecified atom stereocenters. The van der Waals surface area contributed by atoms with Crippen LogP contribution in [0.15, 0.2) is 18.2 Å². The Morgan fingerprint density at radius 1 is 1.11 bits per heavy atom. The van der Waals surface area contributed by atoms with E-state index in [0.717, 1.165) is 29.7 Å². The fourth-order valence-corrected chi connectivity index (χ4v) is 4.06. The minimum Gasteiger partial charge on any atom is -0.493 e. The maximum atomic E-state index is 12.9. The Labute approximate surface area is 164 Å². The number of benzene rings is 1. The highest BCUT2D eigenvalue weighted by molar-refractivity contribution is 6.08. The van der Waals surface area contributed by atoms with E-state index in [0.29, 0.717) is 24.3 Å². The van der Waals surface area contributed by atoms with Gasteiger partial charge in [0.1, 0.15) is 12.1 Å². The number of nitrogens with zero attached hydrogens (tertiary/aromatic N) is 2. The van der Waals surface area contributed by atoms with Gasteiger partial charge >= 0.3 is 6.03 Å². The summed E-state index contributed by atoms with van der Waals surface area (Å²) in [6, 6.07) is 4.96. The molecule has 1 aromatic rings. The van der Waals surface area contributed by atoms with Gasteiger partial charge in [0.25, 0.3) is 5.91 Å². The second-order valence-electron chi connectivity index (χ2n) is 7.29. The first-order chi connectivity index (χ1) is 13.4. The summed E-state index contributed by atoms with van der Waals surface area (Å²) >= 11 is 0. The van der Waals surface area contributed by atoms with Crippen molar-refractivity contribution in [2.24, 2.45) is 0 Å². The molecule has 1 N–H and O–H groups in total. The molecule has 152 valence electrons. The number of likely N-dealkylation sites (N-methyl/N-ethyl adjacent to an activating group) is 1. The molecule has 8 heteroatoms. The molecule has 8 nitrogen and oxygen atoms in total. The zero-order valence-electron chi connectivity index (χ0n) is 16.6. The van der Waals surface area contributed by atoms with Crippen LogP contribution in [0.2, 0.25) is 0 Å². The van der Waals surface area contributed by atoms with Crippen molar-refractivity contribution in [1.82, 2.24) is 15.1 Å². The molecule has 1 spiro atoms. The van der Waals surface area contributed by atoms with Gasteiger partial charge in [0.05, 0.1) is 14.2 Å². The van der Waals surface area contributed by atoms with Gasteiger partial charge in [-0.1, -0.05) is 25.3 Å². The quantitative estimate of drug-likeness (QED) is 0.751. The molecule has 0 atom stereocenters. The molecule has 3 rings (SSSR count). The predicted octanol–water partition coefficient (Wildman–Crippen LogP) is 1.92. The smallest absolute Gasteiger partial charge is 0.327 e. The Balaban J connectivity index is 1.62. The summed E-state index contributed by atoms with van der Waals surface area (Å²) in [4.78, 5) is 40.5. The molecule has 1 aromatic carbocycles. The molecule has 1 saturated heterocycles. The highest BCUT2D eigenvalue weighted by atomic mass is 16.5. The van der Waals surface area contributed by atoms with Crippen molar-refractivity contribution in [3.63, 3.8) is 0 Å². The standard InChI is InChI=1S/C20H27N3O5/c1-22-19(26)23(18(25)20(22)9-5-4-6-10-20)13-17(24)21-12-14-7-8-15(27-2)16(11-14)28-3/h7-8,11H,4-6,9-10,12-13H2,1-3H3,(H,21,24). The summed E-state index contributed by atoms with van der Waals surface area (Å²) in [5.74, 6) is 0.547. The van der Waals surface area contributed by atoms with Crippen molar-refractivity contribution >= 4 is 17.8 Å². The molecule has 0 aromatic heterocycles. The van der Waals surface area contributed by atoms with Crippen LogP contribution in [0.1, 0.15) is 37.7 Å². The van der Waals surface area contributed by atoms with E-state index in [4.69, 9.17) is 9.47 Å². The van der Waals surface area contributed by atoms with Gasteiger partial charge in [-0.05, 0) is 30.5 Å². The van der Waals surface area contributed by atoms with Gasteiger partial charge in [-0.15, -0.1) is 0 Å². The van der Waals surface area contributed by atoms with Gasteiger partial charge in [0.2, 0.25) is 5.91 Å². The van der Waals surface area contributed by atoms with Gasteiger partial charge in [-0.3, -0.25) is 14.5 Å². The van der Waals surface area contributed by atoms with Crippen LogP contribution in [0.4, 0.5) is 4.79 Å². The molecule has 0 radical (unpaired) electrons. The minimum atomic E-state index is -0.765. The molecule has 28 heavy (non-hydrogen) atoms. The summed E-state index contributed by atoms with van der Waals surface area (Å²) in [6.45, 7) is -0.00651. The predicted molar refractivity (Wildman–Crippen MR) is 102 cm³/mol. The molecule has 4 amide bonds. The molecular formula is C20H27N3O5. The third kappa shape index (κ3) is 3.50. The molecule has 2 fully saturated rings. The van der Waals surface area contributed by atoms with E-state index in [1.54, 1.807) is 33.4 Å². The van der Waals surface area contributed by atoms with E-state index < -0.39 is 11.6 Å². The number of imide groups is 1. The third-order valence-corrected chi connectivity index (χ3v) is 5.72. The van der Waals surface area contributed by atoms with Gasteiger partial charge in [-0.25, -0.2) is 4.79 Å². The summed E-state index contributed by atoms with van der Waals surface area (Å²) < 4.78 is 10.4. The lowest BCUT2D eigenvalue weighted by atomic mass is 9.81. The van der Waals surface area contributed by atoms with Crippen molar-refractivity contribution in [3.8, 4) is 11.5 Å². The van der Waals surface area contributed by atoms with E-state index >= 15 is 0 Å². The topological polar surface area (TPSA) is 88.2 Å². The Bertz CT molecular complexity index is 773. The van der Waals surface area contributed by atoms with Crippen LogP contribution >= 0.6 is 0 Å². The summed E-state index contributed by atoms with van der Waals surface area (Å²) in [6.07, 6.45) is 4.24. The summed E-state index contributed by atoms with van der Waals surface area (Å²) in [5, 5.41) is 2.76. The lowest BCUT2D eigenvalue weighted by molar-refractivity contribution is -0.137. The lowest BCUT2D eigenvalue weighted by Crippen LogP contribution is -2.49. The van der Waals surface area contributed by atoms with E-state index in [1.165, 1.54) is 4.90 Å². The first kappa shape index (κ1) is 20.0. The van der Waals surface area contributed by atoms with Gasteiger partial charge in [-0.2, -0.15) is 0 Å². The van der Waals surface area contributed by atoms with Crippen molar-refractivity contribution in [2.75, 3.05) is 27.8 Å². The van der Waals surface area contributed by atoms with Gasteiger partial charge < -0.3 is 19.7 Å². The number of urea groups is 1. The van der Waals surface area contributed by atoms with E-state index in [-0.39, 0.29) is 24.9 Å². The van der Waals surface area contributed by atoms with Crippen LogP contribution in [0.25, 0.3) is 0 Å². The number of hydrogen-bond donors (Lipinski definition) is 1. The zero-order valence-corrected chi connectivity index (χ0v) is 16.6. The molecule has 2 aliphatic rings. The summed E-state index contributed by atoms with van der Waals surface area (Å²) in [5.41, 5.74) is 0.0600. The highest BCUT2D eigenvalue weighted by Gasteiger charge is 2.55. The number of carbonyl (C=O) groups excluding carboxylic acids is 3. The molecule has 1 aliphatic carbocycles. The number of ether oxygens (including phenoxy) is 2. The average molecular weight is 389 g/mol. The number of hydrogen-bond acceptors (Lipinski definition) is 5. The van der Waals surface area contributed by atoms with Crippen LogP contribution in [-0.2, 0) is 16.1 Å². The van der Waals surface area contributed by atoms with Crippen LogP contribution in [0, 0.1) is 0 Å². The van der Waals surface area contributed by atoms with E-state index in [1.807, 2.05) is 6.07 Å². The highest BCUT2D eigenvalue weighted by Crippen LogP contribution is 2.39. The fourth-order valence-electron chi connectivity index (χ4n) is 4.06. The van der Waals surface area contributed by atoms with Crippen LogP contribution < -0.4 is 14.8 Å². The van der Waals surface area contributed by atoms with Crippen molar-refractivity contribution < 1.29 is 23.9 Å². The molecule has 1 saturated carbocycles. The fraction of sp³-hybridized carbons (Fsp3) is 0.550. The monoisotopic (exact) mass is 389 g/mol. The maximum Gasteiger partial charge on any atom is 0.327 e. The Morgan fingerprint density at radius 2 is 1.79 bits per heavy atom. The Hall–Kier alpha value is -2.77. The molecular weight excluding hydrogens is 362 g/mol. The molecule has 1 heterocycles. The second kappa shape index (κ2) is 8.08. The van der Waals surface area contributed by atoms with E-state index in [9.17, 15) is 14.4 Å². The Kier molecular flexibility index (Phi) is 5.76.